The van der Waals surface area contributed by atoms with E-state index < -0.39 is 211 Å². The van der Waals surface area contributed by atoms with Gasteiger partial charge in [0.25, 0.3) is 0 Å². The Bertz CT molecular complexity index is 1650. The SMILES string of the molecule is CN(CCN=[N+]=[N-])CC[C@@H](O)[C@H](O)C(O)COC1OC(CO[C@@H]2O[C@H](COC3OC(CO[C@@H]4O[C@H](COC5OC(CO)[C@@H](O)C(O)[C@H]5O)C(O)[C@H](O)C4O)[C@@H](O)C(O)[C@H]3O)C(O)[C@H](O)C2O)[C@@H](O)C(O)[C@H]1O. The summed E-state index contributed by atoms with van der Waals surface area (Å²) in [6, 6.07) is 0. The van der Waals surface area contributed by atoms with Gasteiger partial charge in [-0.25, -0.2) is 0 Å². The van der Waals surface area contributed by atoms with Crippen LogP contribution in [0.15, 0.2) is 5.11 Å². The maximum Gasteiger partial charge on any atom is 0.186 e. The van der Waals surface area contributed by atoms with Crippen LogP contribution in [0.4, 0.5) is 0 Å². The molecule has 5 saturated heterocycles. The third-order valence-electron chi connectivity index (χ3n) is 12.9. The van der Waals surface area contributed by atoms with E-state index in [9.17, 15) is 97.0 Å². The summed E-state index contributed by atoms with van der Waals surface area (Å²) in [7, 11) is 1.67. The van der Waals surface area contributed by atoms with Crippen LogP contribution in [0.3, 0.4) is 0 Å². The van der Waals surface area contributed by atoms with Crippen molar-refractivity contribution >= 4 is 0 Å². The first-order valence-corrected chi connectivity index (χ1v) is 22.9. The first-order chi connectivity index (χ1) is 34.0. The Balaban J connectivity index is 1.12. The molecule has 33 heteroatoms. The molecule has 0 bridgehead atoms. The molecule has 0 amide bonds. The predicted molar refractivity (Wildman–Crippen MR) is 224 cm³/mol. The Morgan fingerprint density at radius 2 is 0.750 bits per heavy atom. The largest absolute Gasteiger partial charge is 0.394 e. The van der Waals surface area contributed by atoms with Crippen molar-refractivity contribution in [3.05, 3.63) is 10.4 Å². The summed E-state index contributed by atoms with van der Waals surface area (Å²) in [5, 5.41) is 202. The minimum absolute atomic E-state index is 0.0153. The zero-order chi connectivity index (χ0) is 53.3. The number of ether oxygens (including phenoxy) is 10. The average molecular weight is 1060 g/mol. The molecule has 0 saturated carbocycles. The van der Waals surface area contributed by atoms with Gasteiger partial charge in [0.05, 0.1) is 45.7 Å². The van der Waals surface area contributed by atoms with E-state index in [1.807, 2.05) is 0 Å². The maximum atomic E-state index is 10.8. The molecule has 28 atom stereocenters. The Kier molecular flexibility index (Phi) is 23.7. The van der Waals surface area contributed by atoms with E-state index in [0.29, 0.717) is 6.54 Å². The summed E-state index contributed by atoms with van der Waals surface area (Å²) < 4.78 is 54.9. The Labute approximate surface area is 409 Å². The molecule has 0 spiro atoms. The molecule has 5 fully saturated rings. The summed E-state index contributed by atoms with van der Waals surface area (Å²) in [4.78, 5) is 4.35. The molecule has 5 aliphatic heterocycles. The molecule has 0 aromatic rings. The fraction of sp³-hybridized carbons (Fsp3) is 1.00. The van der Waals surface area contributed by atoms with Gasteiger partial charge in [-0.2, -0.15) is 0 Å². The van der Waals surface area contributed by atoms with Crippen LogP contribution < -0.4 is 0 Å². The van der Waals surface area contributed by atoms with Crippen molar-refractivity contribution in [2.45, 2.75) is 178 Å². The second kappa shape index (κ2) is 27.9. The quantitative estimate of drug-likeness (QED) is 0.0242. The van der Waals surface area contributed by atoms with Crippen LogP contribution in [0.1, 0.15) is 6.42 Å². The van der Waals surface area contributed by atoms with Crippen molar-refractivity contribution in [3.8, 4) is 0 Å². The monoisotopic (exact) mass is 1060 g/mol. The van der Waals surface area contributed by atoms with Gasteiger partial charge in [-0.3, -0.25) is 0 Å². The first-order valence-electron chi connectivity index (χ1n) is 22.9. The summed E-state index contributed by atoms with van der Waals surface area (Å²) in [5.41, 5.74) is 8.40. The Morgan fingerprint density at radius 1 is 0.444 bits per heavy atom. The molecule has 5 aliphatic rings. The second-order valence-corrected chi connectivity index (χ2v) is 18.1. The molecule has 19 N–H and O–H groups in total. The van der Waals surface area contributed by atoms with Gasteiger partial charge in [0.15, 0.2) is 31.5 Å². The van der Waals surface area contributed by atoms with Crippen molar-refractivity contribution in [2.24, 2.45) is 5.11 Å². The highest BCUT2D eigenvalue weighted by Gasteiger charge is 2.52. The molecule has 72 heavy (non-hydrogen) atoms. The smallest absolute Gasteiger partial charge is 0.186 e. The number of azide groups is 1. The molecule has 0 radical (unpaired) electrons. The molecular formula is C39H70N4O29. The minimum atomic E-state index is -2.01. The van der Waals surface area contributed by atoms with Gasteiger partial charge in [-0.15, -0.1) is 0 Å². The number of hydrogen-bond donors (Lipinski definition) is 19. The Morgan fingerprint density at radius 3 is 1.07 bits per heavy atom. The van der Waals surface area contributed by atoms with Crippen molar-refractivity contribution in [1.82, 2.24) is 4.90 Å². The number of hydrogen-bond acceptors (Lipinski definition) is 31. The van der Waals surface area contributed by atoms with E-state index >= 15 is 0 Å². The van der Waals surface area contributed by atoms with Crippen LogP contribution >= 0.6 is 0 Å². The van der Waals surface area contributed by atoms with Crippen molar-refractivity contribution < 1.29 is 144 Å². The van der Waals surface area contributed by atoms with Crippen molar-refractivity contribution in [2.75, 3.05) is 66.3 Å². The lowest BCUT2D eigenvalue weighted by Crippen LogP contribution is -2.63. The van der Waals surface area contributed by atoms with Gasteiger partial charge in [0, 0.05) is 24.5 Å². The van der Waals surface area contributed by atoms with Gasteiger partial charge in [-0.05, 0) is 19.0 Å². The standard InChI is InChI=1S/C39H70N4O29/c1-43(5-3-41-42-40)4-2-12(45)19(47)13(46)7-63-35-31(59)26(54)21(49)15(69-35)9-65-37-33(61)28(56)23(51)17(71-37)11-67-39-34(62)29(57)24(52)18(72-39)10-66-38-32(60)27(55)22(50)16(70-38)8-64-36-30(58)25(53)20(48)14(6-44)68-36/h12-39,44-62H,2-11H2,1H3/t12-,13?,14?,15?,16-,17-,18?,19+,20-,21-,22?,23?,24-,25?,26?,27+,28+,29?,30-,31-,32?,33?,34-,35?,36?,37-,38-,39?/m1/s1. The van der Waals surface area contributed by atoms with Gasteiger partial charge in [0.1, 0.15) is 134 Å². The van der Waals surface area contributed by atoms with E-state index in [-0.39, 0.29) is 19.5 Å². The second-order valence-electron chi connectivity index (χ2n) is 18.1. The lowest BCUT2D eigenvalue weighted by atomic mass is 9.97. The number of nitrogens with zero attached hydrogens (tertiary/aromatic N) is 4. The molecule has 420 valence electrons. The molecule has 0 aromatic heterocycles. The molecule has 14 unspecified atom stereocenters. The number of aliphatic hydroxyl groups excluding tert-OH is 19. The van der Waals surface area contributed by atoms with E-state index in [1.54, 1.807) is 11.9 Å². The first kappa shape index (κ1) is 61.0. The third kappa shape index (κ3) is 15.0. The normalized spacial score (nSPS) is 45.3. The number of rotatable bonds is 24. The summed E-state index contributed by atoms with van der Waals surface area (Å²) in [6.07, 6.45) is -50.3. The van der Waals surface area contributed by atoms with Gasteiger partial charge >= 0.3 is 0 Å². The molecular weight excluding hydrogens is 988 g/mol. The van der Waals surface area contributed by atoms with Crippen molar-refractivity contribution in [1.29, 1.82) is 0 Å². The van der Waals surface area contributed by atoms with Crippen LogP contribution in [0, 0.1) is 0 Å². The number of likely N-dealkylation sites (N-methyl/N-ethyl adjacent to an activating group) is 1. The topological polar surface area (TPSA) is 529 Å². The van der Waals surface area contributed by atoms with Gasteiger partial charge < -0.3 is 149 Å². The van der Waals surface area contributed by atoms with Crippen LogP contribution in [-0.2, 0) is 47.4 Å². The van der Waals surface area contributed by atoms with Crippen LogP contribution in [0.5, 0.6) is 0 Å². The van der Waals surface area contributed by atoms with Crippen LogP contribution in [-0.4, -0.2) is 340 Å². The fourth-order valence-electron chi connectivity index (χ4n) is 8.18. The highest BCUT2D eigenvalue weighted by Crippen LogP contribution is 2.31. The summed E-state index contributed by atoms with van der Waals surface area (Å²) in [5.74, 6) is 0. The third-order valence-corrected chi connectivity index (χ3v) is 12.9. The average Bonchev–Trinajstić information content (AvgIpc) is 3.36. The molecule has 0 aromatic carbocycles. The van der Waals surface area contributed by atoms with Crippen LogP contribution in [0.25, 0.3) is 10.4 Å². The molecule has 0 aliphatic carbocycles. The zero-order valence-corrected chi connectivity index (χ0v) is 38.6. The maximum absolute atomic E-state index is 10.8. The van der Waals surface area contributed by atoms with E-state index in [1.165, 1.54) is 0 Å². The van der Waals surface area contributed by atoms with E-state index in [2.05, 4.69) is 10.0 Å². The molecule has 5 rings (SSSR count). The summed E-state index contributed by atoms with van der Waals surface area (Å²) >= 11 is 0. The Hall–Kier alpha value is -1.89. The lowest BCUT2D eigenvalue weighted by Gasteiger charge is -2.44. The fourth-order valence-corrected chi connectivity index (χ4v) is 8.18. The van der Waals surface area contributed by atoms with Crippen molar-refractivity contribution in [3.63, 3.8) is 0 Å². The highest BCUT2D eigenvalue weighted by atomic mass is 16.8. The lowest BCUT2D eigenvalue weighted by molar-refractivity contribution is -0.351. The van der Waals surface area contributed by atoms with Gasteiger partial charge in [-0.1, -0.05) is 5.11 Å². The van der Waals surface area contributed by atoms with E-state index in [0.717, 1.165) is 0 Å². The predicted octanol–water partition coefficient (Wildman–Crippen LogP) is -12.2. The highest BCUT2D eigenvalue weighted by molar-refractivity contribution is 4.95. The van der Waals surface area contributed by atoms with Crippen LogP contribution in [0.2, 0.25) is 0 Å². The van der Waals surface area contributed by atoms with E-state index in [4.69, 9.17) is 52.9 Å². The molecule has 5 heterocycles. The minimum Gasteiger partial charge on any atom is -0.394 e. The van der Waals surface area contributed by atoms with Gasteiger partial charge in [0.2, 0.25) is 0 Å². The number of aliphatic hydroxyl groups is 19. The zero-order valence-electron chi connectivity index (χ0n) is 38.6. The summed E-state index contributed by atoms with van der Waals surface area (Å²) in [6.45, 7) is -3.81. The molecule has 33 nitrogen and oxygen atoms in total.